The van der Waals surface area contributed by atoms with Gasteiger partial charge in [-0.25, -0.2) is 9.79 Å². The summed E-state index contributed by atoms with van der Waals surface area (Å²) in [5, 5.41) is 2.19. The van der Waals surface area contributed by atoms with E-state index in [1.807, 2.05) is 67.6 Å². The molecule has 0 aliphatic carbocycles. The molecule has 158 valence electrons. The van der Waals surface area contributed by atoms with Crippen LogP contribution < -0.4 is 9.47 Å². The number of carbonyl (C=O) groups is 1. The van der Waals surface area contributed by atoms with Gasteiger partial charge in [-0.1, -0.05) is 49.7 Å². The number of ether oxygens (including phenoxy) is 3. The maximum absolute atomic E-state index is 12.4. The number of aliphatic imine (C=N–C) groups is 1. The van der Waals surface area contributed by atoms with Crippen LogP contribution in [0.25, 0.3) is 16.8 Å². The lowest BCUT2D eigenvalue weighted by molar-refractivity contribution is -0.129. The summed E-state index contributed by atoms with van der Waals surface area (Å²) in [6, 6.07) is 19.5. The fourth-order valence-electron chi connectivity index (χ4n) is 3.34. The first-order chi connectivity index (χ1) is 15.2. The number of fused-ring (bicyclic) bond motifs is 1. The highest BCUT2D eigenvalue weighted by molar-refractivity contribution is 6.13. The van der Waals surface area contributed by atoms with Crippen LogP contribution in [0.5, 0.6) is 11.5 Å². The van der Waals surface area contributed by atoms with E-state index in [1.165, 1.54) is 0 Å². The Kier molecular flexibility index (Phi) is 6.32. The van der Waals surface area contributed by atoms with E-state index in [0.29, 0.717) is 30.6 Å². The third kappa shape index (κ3) is 4.77. The molecule has 5 heteroatoms. The zero-order chi connectivity index (χ0) is 21.6. The van der Waals surface area contributed by atoms with Gasteiger partial charge in [0.25, 0.3) is 0 Å². The largest absolute Gasteiger partial charge is 0.490 e. The second-order valence-corrected chi connectivity index (χ2v) is 7.24. The van der Waals surface area contributed by atoms with Crippen molar-refractivity contribution in [1.82, 2.24) is 0 Å². The van der Waals surface area contributed by atoms with Crippen LogP contribution in [0.1, 0.15) is 37.8 Å². The van der Waals surface area contributed by atoms with Crippen molar-refractivity contribution in [3.05, 3.63) is 77.5 Å². The van der Waals surface area contributed by atoms with Crippen molar-refractivity contribution in [2.45, 2.75) is 26.7 Å². The number of rotatable bonds is 8. The van der Waals surface area contributed by atoms with Crippen molar-refractivity contribution in [1.29, 1.82) is 0 Å². The minimum atomic E-state index is -0.468. The average Bonchev–Trinajstić information content (AvgIpc) is 3.15. The van der Waals surface area contributed by atoms with Gasteiger partial charge in [0.15, 0.2) is 17.2 Å². The molecule has 0 amide bonds. The number of carbonyl (C=O) groups excluding carboxylic acids is 1. The van der Waals surface area contributed by atoms with E-state index in [2.05, 4.69) is 11.9 Å². The fraction of sp³-hybridized carbons (Fsp3) is 0.231. The van der Waals surface area contributed by atoms with Crippen molar-refractivity contribution in [2.75, 3.05) is 13.2 Å². The summed E-state index contributed by atoms with van der Waals surface area (Å²) in [7, 11) is 0. The van der Waals surface area contributed by atoms with Crippen LogP contribution in [-0.4, -0.2) is 25.1 Å². The molecular weight excluding hydrogens is 390 g/mol. The Labute approximate surface area is 182 Å². The molecule has 1 heterocycles. The van der Waals surface area contributed by atoms with Gasteiger partial charge in [-0.05, 0) is 60.0 Å². The van der Waals surface area contributed by atoms with Crippen LogP contribution in [0.4, 0.5) is 0 Å². The smallest absolute Gasteiger partial charge is 0.363 e. The number of esters is 1. The second kappa shape index (κ2) is 9.47. The Balaban J connectivity index is 1.60. The molecule has 0 unspecified atom stereocenters. The van der Waals surface area contributed by atoms with Gasteiger partial charge in [0, 0.05) is 5.56 Å². The van der Waals surface area contributed by atoms with Crippen LogP contribution in [-0.2, 0) is 9.53 Å². The van der Waals surface area contributed by atoms with Gasteiger partial charge >= 0.3 is 5.97 Å². The van der Waals surface area contributed by atoms with Crippen LogP contribution in [0.15, 0.2) is 71.4 Å². The van der Waals surface area contributed by atoms with Gasteiger partial charge in [-0.2, -0.15) is 0 Å². The number of hydrogen-bond acceptors (Lipinski definition) is 5. The van der Waals surface area contributed by atoms with Gasteiger partial charge in [-0.15, -0.1) is 0 Å². The number of nitrogens with zero attached hydrogens (tertiary/aromatic N) is 1. The minimum absolute atomic E-state index is 0.255. The Morgan fingerprint density at radius 1 is 0.935 bits per heavy atom. The van der Waals surface area contributed by atoms with E-state index in [4.69, 9.17) is 14.2 Å². The number of unbranched alkanes of at least 4 members (excludes halogenated alkanes) is 1. The summed E-state index contributed by atoms with van der Waals surface area (Å²) >= 11 is 0. The Morgan fingerprint density at radius 2 is 1.77 bits per heavy atom. The first-order valence-electron chi connectivity index (χ1n) is 10.6. The normalized spacial score (nSPS) is 14.6. The molecule has 1 aliphatic rings. The molecule has 0 spiro atoms. The highest BCUT2D eigenvalue weighted by Gasteiger charge is 2.24. The minimum Gasteiger partial charge on any atom is -0.490 e. The van der Waals surface area contributed by atoms with E-state index < -0.39 is 5.97 Å². The lowest BCUT2D eigenvalue weighted by Gasteiger charge is -2.12. The standard InChI is InChI=1S/C26H25NO4/c1-3-5-14-30-23-13-10-18(16-24(23)29-4-2)15-22-26(28)31-25(27-22)21-12-11-19-8-6-7-9-20(19)17-21/h6-13,15-17H,3-5,14H2,1-2H3/b22-15-. The summed E-state index contributed by atoms with van der Waals surface area (Å²) in [5.41, 5.74) is 1.82. The van der Waals surface area contributed by atoms with Gasteiger partial charge < -0.3 is 14.2 Å². The maximum atomic E-state index is 12.4. The van der Waals surface area contributed by atoms with Crippen molar-refractivity contribution in [3.8, 4) is 11.5 Å². The van der Waals surface area contributed by atoms with Crippen molar-refractivity contribution in [3.63, 3.8) is 0 Å². The molecule has 0 aromatic heterocycles. The van der Waals surface area contributed by atoms with Crippen molar-refractivity contribution in [2.24, 2.45) is 4.99 Å². The molecule has 0 atom stereocenters. The third-order valence-electron chi connectivity index (χ3n) is 4.94. The number of hydrogen-bond donors (Lipinski definition) is 0. The summed E-state index contributed by atoms with van der Waals surface area (Å²) in [4.78, 5) is 16.9. The second-order valence-electron chi connectivity index (χ2n) is 7.24. The van der Waals surface area contributed by atoms with E-state index in [1.54, 1.807) is 6.08 Å². The molecule has 0 N–H and O–H groups in total. The van der Waals surface area contributed by atoms with E-state index in [0.717, 1.165) is 34.7 Å². The third-order valence-corrected chi connectivity index (χ3v) is 4.94. The molecule has 0 bridgehead atoms. The topological polar surface area (TPSA) is 57.1 Å². The lowest BCUT2D eigenvalue weighted by Crippen LogP contribution is -2.05. The first-order valence-corrected chi connectivity index (χ1v) is 10.6. The highest BCUT2D eigenvalue weighted by atomic mass is 16.6. The summed E-state index contributed by atoms with van der Waals surface area (Å²) < 4.78 is 17.0. The molecule has 3 aromatic carbocycles. The van der Waals surface area contributed by atoms with Crippen LogP contribution in [0, 0.1) is 0 Å². The van der Waals surface area contributed by atoms with E-state index >= 15 is 0 Å². The highest BCUT2D eigenvalue weighted by Crippen LogP contribution is 2.30. The van der Waals surface area contributed by atoms with Crippen molar-refractivity contribution < 1.29 is 19.0 Å². The monoisotopic (exact) mass is 415 g/mol. The average molecular weight is 415 g/mol. The predicted molar refractivity (Wildman–Crippen MR) is 123 cm³/mol. The maximum Gasteiger partial charge on any atom is 0.363 e. The summed E-state index contributed by atoms with van der Waals surface area (Å²) in [6.45, 7) is 5.21. The van der Waals surface area contributed by atoms with Crippen LogP contribution in [0.2, 0.25) is 0 Å². The fourth-order valence-corrected chi connectivity index (χ4v) is 3.34. The van der Waals surface area contributed by atoms with Gasteiger partial charge in [0.2, 0.25) is 5.90 Å². The predicted octanol–water partition coefficient (Wildman–Crippen LogP) is 5.76. The van der Waals surface area contributed by atoms with Gasteiger partial charge in [0.1, 0.15) is 0 Å². The molecule has 5 nitrogen and oxygen atoms in total. The SMILES string of the molecule is CCCCOc1ccc(/C=C2\N=C(c3ccc4ccccc4c3)OC2=O)cc1OCC. The molecule has 3 aromatic rings. The Bertz CT molecular complexity index is 1160. The van der Waals surface area contributed by atoms with Gasteiger partial charge in [-0.3, -0.25) is 0 Å². The molecular formula is C26H25NO4. The van der Waals surface area contributed by atoms with E-state index in [-0.39, 0.29) is 5.70 Å². The zero-order valence-electron chi connectivity index (χ0n) is 17.8. The molecule has 0 saturated carbocycles. The quantitative estimate of drug-likeness (QED) is 0.267. The molecule has 0 saturated heterocycles. The Morgan fingerprint density at radius 3 is 2.58 bits per heavy atom. The lowest BCUT2D eigenvalue weighted by atomic mass is 10.1. The molecule has 1 aliphatic heterocycles. The summed E-state index contributed by atoms with van der Waals surface area (Å²) in [6.07, 6.45) is 3.75. The summed E-state index contributed by atoms with van der Waals surface area (Å²) in [5.74, 6) is 1.20. The van der Waals surface area contributed by atoms with E-state index in [9.17, 15) is 4.79 Å². The van der Waals surface area contributed by atoms with Crippen LogP contribution in [0.3, 0.4) is 0 Å². The molecule has 31 heavy (non-hydrogen) atoms. The molecule has 0 fully saturated rings. The first kappa shape index (κ1) is 20.7. The molecule has 4 rings (SSSR count). The number of benzene rings is 3. The van der Waals surface area contributed by atoms with Crippen LogP contribution >= 0.6 is 0 Å². The Hall–Kier alpha value is -3.60. The van der Waals surface area contributed by atoms with Crippen molar-refractivity contribution >= 4 is 28.7 Å². The molecule has 0 radical (unpaired) electrons. The van der Waals surface area contributed by atoms with Gasteiger partial charge in [0.05, 0.1) is 13.2 Å². The zero-order valence-corrected chi connectivity index (χ0v) is 17.8. The number of cyclic esters (lactones) is 1.